The summed E-state index contributed by atoms with van der Waals surface area (Å²) in [6, 6.07) is 26.8. The van der Waals surface area contributed by atoms with Crippen molar-refractivity contribution in [3.8, 4) is 11.1 Å². The Labute approximate surface area is 144 Å². The van der Waals surface area contributed by atoms with Crippen molar-refractivity contribution in [2.24, 2.45) is 0 Å². The quantitative estimate of drug-likeness (QED) is 0.289. The second-order valence-corrected chi connectivity index (χ2v) is 7.64. The van der Waals surface area contributed by atoms with E-state index in [1.54, 1.807) is 0 Å². The molecule has 0 N–H and O–H groups in total. The van der Waals surface area contributed by atoms with Crippen molar-refractivity contribution < 1.29 is 0 Å². The van der Waals surface area contributed by atoms with E-state index in [2.05, 4.69) is 72.8 Å². The van der Waals surface area contributed by atoms with Crippen LogP contribution in [0.2, 0.25) is 0 Å². The van der Waals surface area contributed by atoms with Gasteiger partial charge in [-0.15, -0.1) is 11.3 Å². The standard InChI is InChI=1S/C23H14S/c1-2-6-16-14(5-1)9-11-17-19(16)13-15-10-12-21-23(22(15)17)18-7-3-4-8-20(18)24-21/h1-12H,13H2. The molecule has 4 aromatic carbocycles. The first-order chi connectivity index (χ1) is 11.9. The highest BCUT2D eigenvalue weighted by atomic mass is 32.1. The molecule has 6 rings (SSSR count). The SMILES string of the molecule is c1ccc2c3c(ccc2c1)-c1c(ccc2sc4ccccc4c12)C3. The second-order valence-electron chi connectivity index (χ2n) is 6.56. The average Bonchev–Trinajstić information content (AvgIpc) is 3.19. The van der Waals surface area contributed by atoms with Crippen molar-refractivity contribution in [2.45, 2.75) is 6.42 Å². The van der Waals surface area contributed by atoms with Crippen LogP contribution in [0, 0.1) is 0 Å². The zero-order valence-corrected chi connectivity index (χ0v) is 13.9. The average molecular weight is 322 g/mol. The molecule has 0 amide bonds. The number of fused-ring (bicyclic) bond motifs is 9. The van der Waals surface area contributed by atoms with Gasteiger partial charge < -0.3 is 0 Å². The minimum atomic E-state index is 1.05. The number of benzene rings is 4. The summed E-state index contributed by atoms with van der Waals surface area (Å²) < 4.78 is 2.78. The molecule has 1 heterocycles. The first-order valence-electron chi connectivity index (χ1n) is 8.34. The molecule has 0 radical (unpaired) electrons. The number of rotatable bonds is 0. The van der Waals surface area contributed by atoms with Crippen molar-refractivity contribution in [2.75, 3.05) is 0 Å². The van der Waals surface area contributed by atoms with Crippen LogP contribution in [0.5, 0.6) is 0 Å². The lowest BCUT2D eigenvalue weighted by Crippen LogP contribution is -1.83. The van der Waals surface area contributed by atoms with Gasteiger partial charge in [-0.3, -0.25) is 0 Å². The van der Waals surface area contributed by atoms with Gasteiger partial charge in [-0.05, 0) is 51.6 Å². The van der Waals surface area contributed by atoms with Crippen LogP contribution in [0.15, 0.2) is 72.8 Å². The summed E-state index contributed by atoms with van der Waals surface area (Å²) >= 11 is 1.91. The topological polar surface area (TPSA) is 0 Å². The van der Waals surface area contributed by atoms with E-state index in [4.69, 9.17) is 0 Å². The molecule has 0 saturated heterocycles. The van der Waals surface area contributed by atoms with Gasteiger partial charge in [-0.2, -0.15) is 0 Å². The van der Waals surface area contributed by atoms with Crippen molar-refractivity contribution in [3.05, 3.63) is 83.9 Å². The van der Waals surface area contributed by atoms with Crippen LogP contribution < -0.4 is 0 Å². The fourth-order valence-electron chi connectivity index (χ4n) is 4.27. The summed E-state index contributed by atoms with van der Waals surface area (Å²) in [6.45, 7) is 0. The third-order valence-electron chi connectivity index (χ3n) is 5.31. The summed E-state index contributed by atoms with van der Waals surface area (Å²) in [6.07, 6.45) is 1.05. The number of hydrogen-bond donors (Lipinski definition) is 0. The molecule has 1 aliphatic rings. The maximum absolute atomic E-state index is 2.34. The largest absolute Gasteiger partial charge is 0.135 e. The van der Waals surface area contributed by atoms with Gasteiger partial charge in [0.2, 0.25) is 0 Å². The van der Waals surface area contributed by atoms with Crippen molar-refractivity contribution in [3.63, 3.8) is 0 Å². The minimum absolute atomic E-state index is 1.05. The van der Waals surface area contributed by atoms with E-state index >= 15 is 0 Å². The Morgan fingerprint density at radius 1 is 0.667 bits per heavy atom. The molecule has 1 aromatic heterocycles. The maximum atomic E-state index is 2.34. The van der Waals surface area contributed by atoms with Crippen LogP contribution in [-0.2, 0) is 6.42 Å². The molecule has 24 heavy (non-hydrogen) atoms. The summed E-state index contributed by atoms with van der Waals surface area (Å²) in [4.78, 5) is 0. The number of thiophene rings is 1. The van der Waals surface area contributed by atoms with Gasteiger partial charge in [0.25, 0.3) is 0 Å². The zero-order chi connectivity index (χ0) is 15.7. The van der Waals surface area contributed by atoms with Crippen LogP contribution in [0.3, 0.4) is 0 Å². The van der Waals surface area contributed by atoms with E-state index in [0.29, 0.717) is 0 Å². The van der Waals surface area contributed by atoms with Crippen LogP contribution in [0.1, 0.15) is 11.1 Å². The van der Waals surface area contributed by atoms with E-state index in [9.17, 15) is 0 Å². The highest BCUT2D eigenvalue weighted by Gasteiger charge is 2.24. The highest BCUT2D eigenvalue weighted by Crippen LogP contribution is 2.48. The zero-order valence-electron chi connectivity index (χ0n) is 13.0. The molecule has 0 nitrogen and oxygen atoms in total. The Hall–Kier alpha value is -2.64. The Morgan fingerprint density at radius 2 is 1.50 bits per heavy atom. The predicted octanol–water partition coefficient (Wildman–Crippen LogP) is 6.78. The van der Waals surface area contributed by atoms with Crippen molar-refractivity contribution in [1.82, 2.24) is 0 Å². The maximum Gasteiger partial charge on any atom is 0.0361 e. The van der Waals surface area contributed by atoms with Crippen LogP contribution in [0.4, 0.5) is 0 Å². The van der Waals surface area contributed by atoms with Gasteiger partial charge in [0.1, 0.15) is 0 Å². The van der Waals surface area contributed by atoms with Gasteiger partial charge in [-0.25, -0.2) is 0 Å². The normalized spacial score (nSPS) is 12.8. The predicted molar refractivity (Wildman–Crippen MR) is 105 cm³/mol. The van der Waals surface area contributed by atoms with E-state index in [-0.39, 0.29) is 0 Å². The fraction of sp³-hybridized carbons (Fsp3) is 0.0435. The molecule has 1 heteroatoms. The molecular formula is C23H14S. The molecule has 0 fully saturated rings. The Morgan fingerprint density at radius 3 is 2.46 bits per heavy atom. The van der Waals surface area contributed by atoms with E-state index in [0.717, 1.165) is 6.42 Å². The third kappa shape index (κ3) is 1.53. The molecule has 5 aromatic rings. The molecule has 0 spiro atoms. The van der Waals surface area contributed by atoms with Gasteiger partial charge in [0, 0.05) is 20.2 Å². The summed E-state index contributed by atoms with van der Waals surface area (Å²) in [7, 11) is 0. The Kier molecular flexibility index (Phi) is 2.37. The lowest BCUT2D eigenvalue weighted by atomic mass is 9.97. The fourth-order valence-corrected chi connectivity index (χ4v) is 5.38. The summed E-state index contributed by atoms with van der Waals surface area (Å²) in [5.41, 5.74) is 5.85. The molecular weight excluding hydrogens is 308 g/mol. The Balaban J connectivity index is 1.81. The molecule has 112 valence electrons. The summed E-state index contributed by atoms with van der Waals surface area (Å²) in [5.74, 6) is 0. The van der Waals surface area contributed by atoms with Crippen molar-refractivity contribution in [1.29, 1.82) is 0 Å². The highest BCUT2D eigenvalue weighted by molar-refractivity contribution is 7.25. The molecule has 0 bridgehead atoms. The van der Waals surface area contributed by atoms with Gasteiger partial charge in [-0.1, -0.05) is 60.7 Å². The van der Waals surface area contributed by atoms with Gasteiger partial charge in [0.05, 0.1) is 0 Å². The lowest BCUT2D eigenvalue weighted by molar-refractivity contribution is 1.29. The number of hydrogen-bond acceptors (Lipinski definition) is 1. The first kappa shape index (κ1) is 12.7. The molecule has 0 aliphatic heterocycles. The monoisotopic (exact) mass is 322 g/mol. The van der Waals surface area contributed by atoms with Crippen molar-refractivity contribution >= 4 is 42.3 Å². The van der Waals surface area contributed by atoms with Crippen LogP contribution >= 0.6 is 11.3 Å². The van der Waals surface area contributed by atoms with Gasteiger partial charge in [0.15, 0.2) is 0 Å². The second kappa shape index (κ2) is 4.46. The third-order valence-corrected chi connectivity index (χ3v) is 6.44. The molecule has 1 aliphatic carbocycles. The van der Waals surface area contributed by atoms with E-state index < -0.39 is 0 Å². The van der Waals surface area contributed by atoms with E-state index in [1.165, 1.54) is 53.2 Å². The smallest absolute Gasteiger partial charge is 0.0361 e. The first-order valence-corrected chi connectivity index (χ1v) is 9.16. The van der Waals surface area contributed by atoms with Gasteiger partial charge >= 0.3 is 0 Å². The molecule has 0 atom stereocenters. The molecule has 0 saturated carbocycles. The van der Waals surface area contributed by atoms with E-state index in [1.807, 2.05) is 11.3 Å². The molecule has 0 unspecified atom stereocenters. The summed E-state index contributed by atoms with van der Waals surface area (Å²) in [5, 5.41) is 5.59. The van der Waals surface area contributed by atoms with Crippen LogP contribution in [-0.4, -0.2) is 0 Å². The Bertz CT molecular complexity index is 1270. The minimum Gasteiger partial charge on any atom is -0.135 e. The van der Waals surface area contributed by atoms with Crippen LogP contribution in [0.25, 0.3) is 42.1 Å². The lowest BCUT2D eigenvalue weighted by Gasteiger charge is -2.06.